The minimum Gasteiger partial charge on any atom is -0.479 e. The molecule has 0 atom stereocenters. The van der Waals surface area contributed by atoms with Crippen LogP contribution >= 0.6 is 0 Å². The highest BCUT2D eigenvalue weighted by atomic mass is 16.5. The lowest BCUT2D eigenvalue weighted by Gasteiger charge is -2.08. The molecule has 0 bridgehead atoms. The van der Waals surface area contributed by atoms with E-state index in [0.29, 0.717) is 17.9 Å². The van der Waals surface area contributed by atoms with Crippen molar-refractivity contribution in [1.29, 1.82) is 5.26 Å². The Morgan fingerprint density at radius 2 is 2.08 bits per heavy atom. The van der Waals surface area contributed by atoms with Crippen LogP contribution in [-0.4, -0.2) is 17.5 Å². The maximum absolute atomic E-state index is 12.3. The number of benzene rings is 2. The predicted octanol–water partition coefficient (Wildman–Crippen LogP) is 3.07. The number of nitrogens with zero attached hydrogens (tertiary/aromatic N) is 2. The fraction of sp³-hybridized carbons (Fsp3) is 0.105. The van der Waals surface area contributed by atoms with Gasteiger partial charge in [-0.2, -0.15) is 5.26 Å². The molecule has 0 spiro atoms. The number of hydrogen-bond donors (Lipinski definition) is 1. The first-order valence-corrected chi connectivity index (χ1v) is 7.48. The largest absolute Gasteiger partial charge is 0.479 e. The summed E-state index contributed by atoms with van der Waals surface area (Å²) in [4.78, 5) is 16.6. The molecule has 3 aromatic rings. The standard InChI is InChI=1S/C19H15N3O2/c20-8-10-24-17-5-1-3-14(11-17)13-22-19(23)16-6-7-18-15(12-16)4-2-9-21-18/h1-7,9,11-12H,10,13H2,(H,22,23). The smallest absolute Gasteiger partial charge is 0.251 e. The van der Waals surface area contributed by atoms with Crippen LogP contribution in [0.1, 0.15) is 15.9 Å². The zero-order chi connectivity index (χ0) is 16.8. The molecular weight excluding hydrogens is 302 g/mol. The number of rotatable bonds is 5. The fourth-order valence-electron chi connectivity index (χ4n) is 2.36. The van der Waals surface area contributed by atoms with E-state index in [2.05, 4.69) is 10.3 Å². The minimum absolute atomic E-state index is 0.000930. The molecule has 0 aliphatic rings. The lowest BCUT2D eigenvalue weighted by molar-refractivity contribution is 0.0951. The summed E-state index contributed by atoms with van der Waals surface area (Å²) in [5.74, 6) is 0.462. The molecule has 0 aliphatic heterocycles. The molecule has 0 fully saturated rings. The summed E-state index contributed by atoms with van der Waals surface area (Å²) in [6, 6.07) is 18.4. The van der Waals surface area contributed by atoms with E-state index in [4.69, 9.17) is 10.00 Å². The highest BCUT2D eigenvalue weighted by molar-refractivity contribution is 5.97. The van der Waals surface area contributed by atoms with Crippen molar-refractivity contribution in [2.75, 3.05) is 6.61 Å². The van der Waals surface area contributed by atoms with Crippen LogP contribution in [0.3, 0.4) is 0 Å². The monoisotopic (exact) mass is 317 g/mol. The molecular formula is C19H15N3O2. The topological polar surface area (TPSA) is 75.0 Å². The molecule has 118 valence electrons. The van der Waals surface area contributed by atoms with Gasteiger partial charge in [0.05, 0.1) is 5.52 Å². The molecule has 5 nitrogen and oxygen atoms in total. The van der Waals surface area contributed by atoms with Gasteiger partial charge in [0.1, 0.15) is 11.8 Å². The maximum atomic E-state index is 12.3. The van der Waals surface area contributed by atoms with Gasteiger partial charge >= 0.3 is 0 Å². The quantitative estimate of drug-likeness (QED) is 0.784. The van der Waals surface area contributed by atoms with Gasteiger partial charge in [0.2, 0.25) is 0 Å². The summed E-state index contributed by atoms with van der Waals surface area (Å²) in [5.41, 5.74) is 2.35. The van der Waals surface area contributed by atoms with Gasteiger partial charge in [-0.15, -0.1) is 0 Å². The molecule has 1 N–H and O–H groups in total. The van der Waals surface area contributed by atoms with E-state index in [1.807, 2.05) is 48.5 Å². The SMILES string of the molecule is N#CCOc1cccc(CNC(=O)c2ccc3ncccc3c2)c1. The normalized spacial score (nSPS) is 10.1. The molecule has 5 heteroatoms. The zero-order valence-electron chi connectivity index (χ0n) is 12.9. The summed E-state index contributed by atoms with van der Waals surface area (Å²) in [7, 11) is 0. The lowest BCUT2D eigenvalue weighted by Crippen LogP contribution is -2.22. The van der Waals surface area contributed by atoms with Crippen LogP contribution < -0.4 is 10.1 Å². The molecule has 24 heavy (non-hydrogen) atoms. The number of fused-ring (bicyclic) bond motifs is 1. The van der Waals surface area contributed by atoms with Crippen molar-refractivity contribution in [3.63, 3.8) is 0 Å². The second kappa shape index (κ2) is 7.25. The first kappa shape index (κ1) is 15.5. The van der Waals surface area contributed by atoms with Crippen molar-refractivity contribution in [3.05, 3.63) is 71.9 Å². The van der Waals surface area contributed by atoms with Crippen molar-refractivity contribution >= 4 is 16.8 Å². The van der Waals surface area contributed by atoms with Gasteiger partial charge in [-0.05, 0) is 42.0 Å². The van der Waals surface area contributed by atoms with Gasteiger partial charge in [-0.3, -0.25) is 9.78 Å². The van der Waals surface area contributed by atoms with Crippen LogP contribution in [0.5, 0.6) is 5.75 Å². The average Bonchev–Trinajstić information content (AvgIpc) is 2.64. The van der Waals surface area contributed by atoms with Crippen molar-refractivity contribution in [2.24, 2.45) is 0 Å². The van der Waals surface area contributed by atoms with E-state index in [1.54, 1.807) is 18.3 Å². The second-order valence-electron chi connectivity index (χ2n) is 5.19. The highest BCUT2D eigenvalue weighted by Crippen LogP contribution is 2.15. The van der Waals surface area contributed by atoms with Gasteiger partial charge in [-0.1, -0.05) is 18.2 Å². The summed E-state index contributed by atoms with van der Waals surface area (Å²) >= 11 is 0. The zero-order valence-corrected chi connectivity index (χ0v) is 12.9. The van der Waals surface area contributed by atoms with Crippen LogP contribution in [0.2, 0.25) is 0 Å². The van der Waals surface area contributed by atoms with Gasteiger partial charge in [0, 0.05) is 23.7 Å². The van der Waals surface area contributed by atoms with Crippen molar-refractivity contribution < 1.29 is 9.53 Å². The highest BCUT2D eigenvalue weighted by Gasteiger charge is 2.07. The Morgan fingerprint density at radius 3 is 2.96 bits per heavy atom. The number of hydrogen-bond acceptors (Lipinski definition) is 4. The number of carbonyl (C=O) groups excluding carboxylic acids is 1. The molecule has 1 heterocycles. The first-order valence-electron chi connectivity index (χ1n) is 7.48. The minimum atomic E-state index is -0.149. The van der Waals surface area contributed by atoms with Gasteiger partial charge < -0.3 is 10.1 Å². The second-order valence-corrected chi connectivity index (χ2v) is 5.19. The van der Waals surface area contributed by atoms with E-state index in [1.165, 1.54) is 0 Å². The van der Waals surface area contributed by atoms with E-state index in [0.717, 1.165) is 16.5 Å². The van der Waals surface area contributed by atoms with Crippen LogP contribution in [0, 0.1) is 11.3 Å². The molecule has 0 aliphatic carbocycles. The van der Waals surface area contributed by atoms with Crippen molar-refractivity contribution in [1.82, 2.24) is 10.3 Å². The summed E-state index contributed by atoms with van der Waals surface area (Å²) in [6.07, 6.45) is 1.73. The lowest BCUT2D eigenvalue weighted by atomic mass is 10.1. The third-order valence-electron chi connectivity index (χ3n) is 3.52. The fourth-order valence-corrected chi connectivity index (χ4v) is 2.36. The summed E-state index contributed by atoms with van der Waals surface area (Å²) in [5, 5.41) is 12.3. The van der Waals surface area contributed by atoms with E-state index >= 15 is 0 Å². The molecule has 0 saturated carbocycles. The number of ether oxygens (including phenoxy) is 1. The van der Waals surface area contributed by atoms with Crippen LogP contribution in [-0.2, 0) is 6.54 Å². The van der Waals surface area contributed by atoms with Gasteiger partial charge in [0.15, 0.2) is 6.61 Å². The number of nitriles is 1. The van der Waals surface area contributed by atoms with Crippen molar-refractivity contribution in [2.45, 2.75) is 6.54 Å². The maximum Gasteiger partial charge on any atom is 0.251 e. The van der Waals surface area contributed by atoms with Crippen LogP contribution in [0.15, 0.2) is 60.8 Å². The summed E-state index contributed by atoms with van der Waals surface area (Å²) in [6.45, 7) is 0.384. The Labute approximate surface area is 139 Å². The third kappa shape index (κ3) is 3.68. The molecule has 0 saturated heterocycles. The molecule has 0 unspecified atom stereocenters. The third-order valence-corrected chi connectivity index (χ3v) is 3.52. The van der Waals surface area contributed by atoms with E-state index in [-0.39, 0.29) is 12.5 Å². The molecule has 3 rings (SSSR count). The Balaban J connectivity index is 1.67. The van der Waals surface area contributed by atoms with E-state index < -0.39 is 0 Å². The summed E-state index contributed by atoms with van der Waals surface area (Å²) < 4.78 is 5.25. The van der Waals surface area contributed by atoms with Crippen molar-refractivity contribution in [3.8, 4) is 11.8 Å². The Hall–Kier alpha value is -3.39. The Morgan fingerprint density at radius 1 is 1.17 bits per heavy atom. The number of pyridine rings is 1. The first-order chi connectivity index (χ1) is 11.8. The van der Waals surface area contributed by atoms with Crippen LogP contribution in [0.25, 0.3) is 10.9 Å². The predicted molar refractivity (Wildman–Crippen MR) is 90.5 cm³/mol. The number of nitrogens with one attached hydrogen (secondary N) is 1. The molecule has 1 amide bonds. The van der Waals surface area contributed by atoms with Gasteiger partial charge in [0.25, 0.3) is 5.91 Å². The van der Waals surface area contributed by atoms with Gasteiger partial charge in [-0.25, -0.2) is 0 Å². The molecule has 0 radical (unpaired) electrons. The number of aromatic nitrogens is 1. The number of carbonyl (C=O) groups is 1. The molecule has 1 aromatic heterocycles. The Kier molecular flexibility index (Phi) is 4.68. The van der Waals surface area contributed by atoms with Crippen LogP contribution in [0.4, 0.5) is 0 Å². The molecule has 2 aromatic carbocycles. The average molecular weight is 317 g/mol. The Bertz CT molecular complexity index is 916. The van der Waals surface area contributed by atoms with E-state index in [9.17, 15) is 4.79 Å². The number of amides is 1.